The Hall–Kier alpha value is -0.900. The van der Waals surface area contributed by atoms with Crippen LogP contribution in [0.2, 0.25) is 0 Å². The summed E-state index contributed by atoms with van der Waals surface area (Å²) in [5.74, 6) is 0. The lowest BCUT2D eigenvalue weighted by molar-refractivity contribution is -0.140. The third-order valence-corrected chi connectivity index (χ3v) is 5.42. The molecule has 2 aliphatic heterocycles. The highest BCUT2D eigenvalue weighted by molar-refractivity contribution is 5.33. The summed E-state index contributed by atoms with van der Waals surface area (Å²) in [7, 11) is 0. The summed E-state index contributed by atoms with van der Waals surface area (Å²) in [4.78, 5) is 0. The summed E-state index contributed by atoms with van der Waals surface area (Å²) in [6, 6.07) is 10.1. The van der Waals surface area contributed by atoms with E-state index in [-0.39, 0.29) is 5.60 Å². The smallest absolute Gasteiger partial charge is 0.0741 e. The van der Waals surface area contributed by atoms with Gasteiger partial charge in [0.05, 0.1) is 5.60 Å². The Morgan fingerprint density at radius 3 is 2.38 bits per heavy atom. The van der Waals surface area contributed by atoms with Gasteiger partial charge in [0.25, 0.3) is 0 Å². The second-order valence-electron chi connectivity index (χ2n) is 6.87. The summed E-state index contributed by atoms with van der Waals surface area (Å²) in [6.45, 7) is 2.63. The van der Waals surface area contributed by atoms with E-state index >= 15 is 0 Å². The third kappa shape index (κ3) is 2.87. The molecule has 4 rings (SSSR count). The average Bonchev–Trinajstić information content (AvgIpc) is 2.90. The molecule has 0 unspecified atom stereocenters. The molecule has 21 heavy (non-hydrogen) atoms. The van der Waals surface area contributed by atoms with Crippen molar-refractivity contribution in [3.8, 4) is 0 Å². The molecule has 3 aliphatic rings. The highest BCUT2D eigenvalue weighted by atomic mass is 16.5. The maximum atomic E-state index is 6.14. The topological polar surface area (TPSA) is 30.5 Å². The largest absolute Gasteiger partial charge is 0.381 e. The molecule has 1 aromatic carbocycles. The normalized spacial score (nSPS) is 28.7. The summed E-state index contributed by atoms with van der Waals surface area (Å²) in [6.07, 6.45) is 6.80. The molecule has 1 spiro atoms. The molecule has 2 saturated heterocycles. The zero-order valence-electron chi connectivity index (χ0n) is 12.6. The number of fused-ring (bicyclic) bond motifs is 1. The number of nitrogens with one attached hydrogen (secondary N) is 1. The second kappa shape index (κ2) is 5.71. The summed E-state index contributed by atoms with van der Waals surface area (Å²) < 4.78 is 11.7. The number of benzene rings is 1. The van der Waals surface area contributed by atoms with Crippen LogP contribution in [0, 0.1) is 0 Å². The molecule has 1 atom stereocenters. The van der Waals surface area contributed by atoms with Crippen molar-refractivity contribution in [2.75, 3.05) is 19.8 Å². The quantitative estimate of drug-likeness (QED) is 0.906. The predicted molar refractivity (Wildman–Crippen MR) is 82.5 cm³/mol. The van der Waals surface area contributed by atoms with Crippen LogP contribution in [-0.4, -0.2) is 37.5 Å². The van der Waals surface area contributed by atoms with Crippen LogP contribution < -0.4 is 5.32 Å². The van der Waals surface area contributed by atoms with Crippen LogP contribution in [0.15, 0.2) is 24.3 Å². The molecule has 2 heterocycles. The predicted octanol–water partition coefficient (Wildman–Crippen LogP) is 2.47. The highest BCUT2D eigenvalue weighted by Crippen LogP contribution is 2.35. The Kier molecular flexibility index (Phi) is 3.74. The Balaban J connectivity index is 1.37. The van der Waals surface area contributed by atoms with Gasteiger partial charge in [-0.3, -0.25) is 0 Å². The van der Waals surface area contributed by atoms with Gasteiger partial charge in [0.1, 0.15) is 0 Å². The Morgan fingerprint density at radius 2 is 1.67 bits per heavy atom. The van der Waals surface area contributed by atoms with E-state index in [0.29, 0.717) is 12.1 Å². The first-order valence-corrected chi connectivity index (χ1v) is 8.38. The Morgan fingerprint density at radius 1 is 0.952 bits per heavy atom. The lowest BCUT2D eigenvalue weighted by Crippen LogP contribution is -2.52. The van der Waals surface area contributed by atoms with Crippen molar-refractivity contribution >= 4 is 0 Å². The summed E-state index contributed by atoms with van der Waals surface area (Å²) >= 11 is 0. The van der Waals surface area contributed by atoms with E-state index < -0.39 is 0 Å². The minimum absolute atomic E-state index is 0.0968. The molecule has 2 fully saturated rings. The molecule has 3 heteroatoms. The molecule has 1 N–H and O–H groups in total. The monoisotopic (exact) mass is 287 g/mol. The molecule has 3 nitrogen and oxygen atoms in total. The van der Waals surface area contributed by atoms with Gasteiger partial charge >= 0.3 is 0 Å². The van der Waals surface area contributed by atoms with Crippen LogP contribution in [0.4, 0.5) is 0 Å². The number of ether oxygens (including phenoxy) is 2. The van der Waals surface area contributed by atoms with Gasteiger partial charge in [0, 0.05) is 31.9 Å². The third-order valence-electron chi connectivity index (χ3n) is 5.42. The maximum Gasteiger partial charge on any atom is 0.0741 e. The maximum absolute atomic E-state index is 6.14. The molecule has 0 aromatic heterocycles. The van der Waals surface area contributed by atoms with E-state index in [1.807, 2.05) is 0 Å². The SMILES string of the molecule is c1ccc2c(c1)CC(N[C@@H]1CCOC3(CCOCC3)C1)C2. The van der Waals surface area contributed by atoms with Gasteiger partial charge in [0.15, 0.2) is 0 Å². The average molecular weight is 287 g/mol. The minimum atomic E-state index is 0.0968. The Labute approximate surface area is 127 Å². The van der Waals surface area contributed by atoms with E-state index in [1.165, 1.54) is 24.0 Å². The molecular formula is C18H25NO2. The van der Waals surface area contributed by atoms with Crippen LogP contribution in [0.5, 0.6) is 0 Å². The molecule has 0 saturated carbocycles. The van der Waals surface area contributed by atoms with Gasteiger partial charge in [0.2, 0.25) is 0 Å². The lowest BCUT2D eigenvalue weighted by Gasteiger charge is -2.44. The minimum Gasteiger partial charge on any atom is -0.381 e. The van der Waals surface area contributed by atoms with E-state index in [2.05, 4.69) is 29.6 Å². The molecule has 1 aliphatic carbocycles. The zero-order chi connectivity index (χ0) is 14.1. The van der Waals surface area contributed by atoms with E-state index in [4.69, 9.17) is 9.47 Å². The zero-order valence-corrected chi connectivity index (χ0v) is 12.6. The molecule has 0 bridgehead atoms. The summed E-state index contributed by atoms with van der Waals surface area (Å²) in [5, 5.41) is 3.92. The van der Waals surface area contributed by atoms with E-state index in [1.54, 1.807) is 0 Å². The van der Waals surface area contributed by atoms with Crippen molar-refractivity contribution in [3.05, 3.63) is 35.4 Å². The number of rotatable bonds is 2. The van der Waals surface area contributed by atoms with Gasteiger partial charge < -0.3 is 14.8 Å². The van der Waals surface area contributed by atoms with E-state index in [0.717, 1.165) is 45.5 Å². The van der Waals surface area contributed by atoms with Crippen LogP contribution >= 0.6 is 0 Å². The van der Waals surface area contributed by atoms with Crippen molar-refractivity contribution in [2.45, 2.75) is 56.2 Å². The van der Waals surface area contributed by atoms with Crippen molar-refractivity contribution in [1.29, 1.82) is 0 Å². The van der Waals surface area contributed by atoms with Crippen LogP contribution in [0.25, 0.3) is 0 Å². The van der Waals surface area contributed by atoms with Crippen molar-refractivity contribution < 1.29 is 9.47 Å². The molecule has 1 aromatic rings. The second-order valence-corrected chi connectivity index (χ2v) is 6.87. The van der Waals surface area contributed by atoms with Gasteiger partial charge in [-0.2, -0.15) is 0 Å². The fraction of sp³-hybridized carbons (Fsp3) is 0.667. The van der Waals surface area contributed by atoms with Crippen LogP contribution in [-0.2, 0) is 22.3 Å². The first kappa shape index (κ1) is 13.7. The lowest BCUT2D eigenvalue weighted by atomic mass is 9.84. The van der Waals surface area contributed by atoms with Crippen molar-refractivity contribution in [2.24, 2.45) is 0 Å². The van der Waals surface area contributed by atoms with Gasteiger partial charge in [-0.05, 0) is 49.7 Å². The van der Waals surface area contributed by atoms with Crippen LogP contribution in [0.1, 0.15) is 36.8 Å². The first-order chi connectivity index (χ1) is 10.3. The Bertz CT molecular complexity index is 465. The molecule has 114 valence electrons. The van der Waals surface area contributed by atoms with Gasteiger partial charge in [-0.25, -0.2) is 0 Å². The van der Waals surface area contributed by atoms with Crippen LogP contribution in [0.3, 0.4) is 0 Å². The number of hydrogen-bond donors (Lipinski definition) is 1. The molecule has 0 radical (unpaired) electrons. The van der Waals surface area contributed by atoms with Crippen molar-refractivity contribution in [1.82, 2.24) is 5.32 Å². The fourth-order valence-electron chi connectivity index (χ4n) is 4.27. The fourth-order valence-corrected chi connectivity index (χ4v) is 4.27. The van der Waals surface area contributed by atoms with Gasteiger partial charge in [-0.1, -0.05) is 24.3 Å². The highest BCUT2D eigenvalue weighted by Gasteiger charge is 2.39. The van der Waals surface area contributed by atoms with Crippen molar-refractivity contribution in [3.63, 3.8) is 0 Å². The summed E-state index contributed by atoms with van der Waals surface area (Å²) in [5.41, 5.74) is 3.16. The molecule has 0 amide bonds. The van der Waals surface area contributed by atoms with E-state index in [9.17, 15) is 0 Å². The van der Waals surface area contributed by atoms with Gasteiger partial charge in [-0.15, -0.1) is 0 Å². The standard InChI is InChI=1S/C18H25NO2/c1-2-4-15-12-17(11-14(15)3-1)19-16-5-8-21-18(13-16)6-9-20-10-7-18/h1-4,16-17,19H,5-13H2/t16-/m1/s1. The molecular weight excluding hydrogens is 262 g/mol. The number of hydrogen-bond acceptors (Lipinski definition) is 3. The first-order valence-electron chi connectivity index (χ1n) is 8.38.